The average molecular weight is 553 g/mol. The van der Waals surface area contributed by atoms with Crippen LogP contribution in [-0.4, -0.2) is 74.6 Å². The number of nitrogens with zero attached hydrogens (tertiary/aromatic N) is 8. The molecule has 206 valence electrons. The molecule has 6 rings (SSSR count). The van der Waals surface area contributed by atoms with Gasteiger partial charge in [-0.3, -0.25) is 24.4 Å². The number of piperidine rings is 1. The van der Waals surface area contributed by atoms with Crippen LogP contribution >= 0.6 is 0 Å². The SMILES string of the molecule is N#CCC1(n2ccc(C3=C4C=CN=C4CC=N3)n2)CN(C2CCN(C(=O)c3ccnc(C(F)(F)F)c3F)CC2)C1. The molecule has 0 unspecified atom stereocenters. The average Bonchev–Trinajstić information content (AvgIpc) is 3.60. The van der Waals surface area contributed by atoms with Crippen LogP contribution in [0, 0.1) is 17.1 Å². The molecule has 9 nitrogen and oxygen atoms in total. The Bertz CT molecular complexity index is 1520. The van der Waals surface area contributed by atoms with Gasteiger partial charge in [0.1, 0.15) is 11.2 Å². The van der Waals surface area contributed by atoms with Crippen LogP contribution in [0.5, 0.6) is 0 Å². The van der Waals surface area contributed by atoms with Crippen LogP contribution in [0.25, 0.3) is 5.70 Å². The van der Waals surface area contributed by atoms with E-state index in [0.717, 1.165) is 29.2 Å². The van der Waals surface area contributed by atoms with Crippen molar-refractivity contribution in [1.29, 1.82) is 5.26 Å². The maximum absolute atomic E-state index is 14.5. The standard InChI is InChI=1S/C27H24F4N8O/c28-22-19(2-10-35-24(22)27(29,30)31)25(40)37-12-4-17(5-13-37)38-15-26(16-38,7-8-32)39-14-6-21(36-39)23-18-1-9-33-20(18)3-11-34-23/h1-2,6,9-11,14,17H,3-5,7,12-13,15-16H2. The summed E-state index contributed by atoms with van der Waals surface area (Å²) in [5.41, 5.74) is 0.566. The molecule has 2 fully saturated rings. The van der Waals surface area contributed by atoms with Gasteiger partial charge in [-0.1, -0.05) is 0 Å². The predicted molar refractivity (Wildman–Crippen MR) is 137 cm³/mol. The number of likely N-dealkylation sites (tertiary alicyclic amines) is 2. The van der Waals surface area contributed by atoms with Crippen molar-refractivity contribution in [3.05, 3.63) is 65.1 Å². The first kappa shape index (κ1) is 26.1. The first-order valence-corrected chi connectivity index (χ1v) is 12.9. The van der Waals surface area contributed by atoms with E-state index in [1.54, 1.807) is 6.20 Å². The quantitative estimate of drug-likeness (QED) is 0.525. The topological polar surface area (TPSA) is 103 Å². The molecule has 2 saturated heterocycles. The molecule has 0 radical (unpaired) electrons. The van der Waals surface area contributed by atoms with E-state index in [-0.39, 0.29) is 25.6 Å². The molecule has 0 aromatic carbocycles. The maximum Gasteiger partial charge on any atom is 0.436 e. The smallest absolute Gasteiger partial charge is 0.338 e. The van der Waals surface area contributed by atoms with Crippen LogP contribution in [0.15, 0.2) is 52.4 Å². The molecule has 2 aromatic rings. The molecule has 0 bridgehead atoms. The number of alkyl halides is 3. The lowest BCUT2D eigenvalue weighted by atomic mass is 9.84. The molecule has 0 spiro atoms. The largest absolute Gasteiger partial charge is 0.436 e. The number of nitriles is 1. The highest BCUT2D eigenvalue weighted by molar-refractivity contribution is 6.17. The molecule has 1 amide bonds. The van der Waals surface area contributed by atoms with Crippen molar-refractivity contribution in [3.8, 4) is 6.07 Å². The van der Waals surface area contributed by atoms with Gasteiger partial charge in [0, 0.05) is 69.0 Å². The van der Waals surface area contributed by atoms with Crippen molar-refractivity contribution in [2.75, 3.05) is 26.2 Å². The molecule has 0 N–H and O–H groups in total. The molecule has 13 heteroatoms. The summed E-state index contributed by atoms with van der Waals surface area (Å²) in [5.74, 6) is -2.42. The molecule has 40 heavy (non-hydrogen) atoms. The van der Waals surface area contributed by atoms with Gasteiger partial charge in [-0.15, -0.1) is 0 Å². The summed E-state index contributed by atoms with van der Waals surface area (Å²) in [6.07, 6.45) is 5.29. The minimum Gasteiger partial charge on any atom is -0.338 e. The second kappa shape index (κ2) is 9.78. The molecule has 4 aliphatic heterocycles. The Morgan fingerprint density at radius 3 is 2.70 bits per heavy atom. The molecule has 0 aliphatic carbocycles. The van der Waals surface area contributed by atoms with E-state index in [1.807, 2.05) is 29.2 Å². The van der Waals surface area contributed by atoms with Crippen molar-refractivity contribution in [3.63, 3.8) is 0 Å². The van der Waals surface area contributed by atoms with Gasteiger partial charge in [0.15, 0.2) is 11.5 Å². The van der Waals surface area contributed by atoms with Crippen molar-refractivity contribution in [1.82, 2.24) is 24.6 Å². The second-order valence-electron chi connectivity index (χ2n) is 10.3. The Labute approximate surface area is 226 Å². The van der Waals surface area contributed by atoms with Crippen molar-refractivity contribution < 1.29 is 22.4 Å². The van der Waals surface area contributed by atoms with E-state index in [4.69, 9.17) is 5.10 Å². The fourth-order valence-electron chi connectivity index (χ4n) is 5.82. The van der Waals surface area contributed by atoms with Crippen molar-refractivity contribution in [2.45, 2.75) is 43.4 Å². The fourth-order valence-corrected chi connectivity index (χ4v) is 5.82. The fraction of sp³-hybridized carbons (Fsp3) is 0.407. The Morgan fingerprint density at radius 1 is 1.20 bits per heavy atom. The van der Waals surface area contributed by atoms with Gasteiger partial charge in [0.25, 0.3) is 5.91 Å². The van der Waals surface area contributed by atoms with Gasteiger partial charge in [-0.05, 0) is 31.1 Å². The van der Waals surface area contributed by atoms with E-state index in [1.165, 1.54) is 4.90 Å². The first-order valence-electron chi connectivity index (χ1n) is 12.9. The normalized spacial score (nSPS) is 20.8. The van der Waals surface area contributed by atoms with Crippen LogP contribution in [0.3, 0.4) is 0 Å². The molecule has 4 aliphatic rings. The number of aromatic nitrogens is 3. The Kier molecular flexibility index (Phi) is 6.37. The van der Waals surface area contributed by atoms with Crippen molar-refractivity contribution in [2.24, 2.45) is 9.98 Å². The van der Waals surface area contributed by atoms with Crippen molar-refractivity contribution >= 4 is 23.5 Å². The van der Waals surface area contributed by atoms with Crippen LogP contribution in [0.1, 0.15) is 47.4 Å². The third-order valence-corrected chi connectivity index (χ3v) is 7.92. The summed E-state index contributed by atoms with van der Waals surface area (Å²) in [7, 11) is 0. The van der Waals surface area contributed by atoms with Gasteiger partial charge in [0.05, 0.1) is 29.5 Å². The summed E-state index contributed by atoms with van der Waals surface area (Å²) >= 11 is 0. The zero-order chi connectivity index (χ0) is 28.1. The Morgan fingerprint density at radius 2 is 1.98 bits per heavy atom. The number of fused-ring (bicyclic) bond motifs is 1. The van der Waals surface area contributed by atoms with E-state index >= 15 is 0 Å². The number of allylic oxidation sites excluding steroid dienone is 2. The highest BCUT2D eigenvalue weighted by Crippen LogP contribution is 2.37. The Balaban J connectivity index is 1.11. The van der Waals surface area contributed by atoms with E-state index in [2.05, 4.69) is 25.9 Å². The first-order chi connectivity index (χ1) is 19.2. The monoisotopic (exact) mass is 552 g/mol. The second-order valence-corrected chi connectivity index (χ2v) is 10.3. The number of carbonyl (C=O) groups excluding carboxylic acids is 1. The number of amides is 1. The number of pyridine rings is 1. The van der Waals surface area contributed by atoms with Crippen LogP contribution in [-0.2, 0) is 11.7 Å². The Hall–Kier alpha value is -4.18. The van der Waals surface area contributed by atoms with Crippen LogP contribution < -0.4 is 0 Å². The molecule has 0 saturated carbocycles. The van der Waals surface area contributed by atoms with E-state index in [9.17, 15) is 27.6 Å². The van der Waals surface area contributed by atoms with E-state index < -0.39 is 34.7 Å². The lowest BCUT2D eigenvalue weighted by Crippen LogP contribution is -2.66. The summed E-state index contributed by atoms with van der Waals surface area (Å²) in [6, 6.07) is 5.28. The lowest BCUT2D eigenvalue weighted by molar-refractivity contribution is -0.143. The van der Waals surface area contributed by atoms with Crippen LogP contribution in [0.2, 0.25) is 0 Å². The minimum absolute atomic E-state index is 0.120. The molecule has 0 atom stereocenters. The third-order valence-electron chi connectivity index (χ3n) is 7.92. The summed E-state index contributed by atoms with van der Waals surface area (Å²) < 4.78 is 55.4. The number of carbonyl (C=O) groups is 1. The minimum atomic E-state index is -4.98. The molecule has 2 aromatic heterocycles. The van der Waals surface area contributed by atoms with Gasteiger partial charge < -0.3 is 4.90 Å². The zero-order valence-corrected chi connectivity index (χ0v) is 21.3. The molecule has 6 heterocycles. The number of hydrogen-bond donors (Lipinski definition) is 0. The number of aliphatic imine (C=N–C) groups is 2. The number of halogens is 4. The van der Waals surface area contributed by atoms with Gasteiger partial charge in [-0.25, -0.2) is 9.37 Å². The summed E-state index contributed by atoms with van der Waals surface area (Å²) in [5, 5.41) is 14.4. The highest BCUT2D eigenvalue weighted by atomic mass is 19.4. The summed E-state index contributed by atoms with van der Waals surface area (Å²) in [4.78, 5) is 28.4. The highest BCUT2D eigenvalue weighted by Gasteiger charge is 2.48. The summed E-state index contributed by atoms with van der Waals surface area (Å²) in [6.45, 7) is 1.76. The number of hydrogen-bond acceptors (Lipinski definition) is 7. The zero-order valence-electron chi connectivity index (χ0n) is 21.3. The predicted octanol–water partition coefficient (Wildman–Crippen LogP) is 3.82. The maximum atomic E-state index is 14.5. The van der Waals surface area contributed by atoms with Gasteiger partial charge in [-0.2, -0.15) is 23.5 Å². The molecular weight excluding hydrogens is 528 g/mol. The van der Waals surface area contributed by atoms with Crippen LogP contribution in [0.4, 0.5) is 17.6 Å². The van der Waals surface area contributed by atoms with E-state index in [0.29, 0.717) is 38.0 Å². The lowest BCUT2D eigenvalue weighted by Gasteiger charge is -2.53. The van der Waals surface area contributed by atoms with Gasteiger partial charge >= 0.3 is 6.18 Å². The molecular formula is C27H24F4N8O. The number of rotatable bonds is 5. The van der Waals surface area contributed by atoms with Gasteiger partial charge in [0.2, 0.25) is 0 Å². The third kappa shape index (κ3) is 4.42.